The molecule has 2 aromatic carbocycles. The molecule has 2 N–H and O–H groups in total. The van der Waals surface area contributed by atoms with Crippen molar-refractivity contribution in [2.45, 2.75) is 26.4 Å². The standard InChI is InChI=1S/C17H19N3O3/c1-12-10-15(8-9-16(12)20(22)23)19-13(2)17(21)18-11-14-6-4-3-5-7-14/h3-10,13,19H,11H2,1-2H3,(H,18,21). The van der Waals surface area contributed by atoms with Gasteiger partial charge in [0.25, 0.3) is 5.69 Å². The molecule has 0 fully saturated rings. The van der Waals surface area contributed by atoms with Crippen LogP contribution >= 0.6 is 0 Å². The number of nitro benzene ring substituents is 1. The van der Waals surface area contributed by atoms with Gasteiger partial charge in [0, 0.05) is 23.9 Å². The van der Waals surface area contributed by atoms with Crippen LogP contribution in [0.3, 0.4) is 0 Å². The Bertz CT molecular complexity index is 701. The van der Waals surface area contributed by atoms with E-state index in [1.54, 1.807) is 26.0 Å². The molecular formula is C17H19N3O3. The maximum atomic E-state index is 12.1. The lowest BCUT2D eigenvalue weighted by Gasteiger charge is -2.15. The van der Waals surface area contributed by atoms with Crippen LogP contribution in [0.5, 0.6) is 0 Å². The molecule has 23 heavy (non-hydrogen) atoms. The number of hydrogen-bond donors (Lipinski definition) is 2. The number of amides is 1. The van der Waals surface area contributed by atoms with E-state index in [0.29, 0.717) is 17.8 Å². The molecule has 6 heteroatoms. The van der Waals surface area contributed by atoms with Crippen LogP contribution in [0, 0.1) is 17.0 Å². The van der Waals surface area contributed by atoms with Gasteiger partial charge >= 0.3 is 0 Å². The van der Waals surface area contributed by atoms with Crippen molar-refractivity contribution in [2.24, 2.45) is 0 Å². The third kappa shape index (κ3) is 4.54. The molecule has 2 rings (SSSR count). The Morgan fingerprint density at radius 1 is 1.22 bits per heavy atom. The van der Waals surface area contributed by atoms with E-state index < -0.39 is 11.0 Å². The Kier molecular flexibility index (Phi) is 5.30. The molecule has 0 bridgehead atoms. The van der Waals surface area contributed by atoms with Crippen LogP contribution in [0.15, 0.2) is 48.5 Å². The van der Waals surface area contributed by atoms with Gasteiger partial charge in [0.05, 0.1) is 4.92 Å². The molecule has 120 valence electrons. The highest BCUT2D eigenvalue weighted by Gasteiger charge is 2.14. The number of nitro groups is 1. The number of nitrogens with one attached hydrogen (secondary N) is 2. The number of carbonyl (C=O) groups excluding carboxylic acids is 1. The lowest BCUT2D eigenvalue weighted by Crippen LogP contribution is -2.37. The monoisotopic (exact) mass is 313 g/mol. The summed E-state index contributed by atoms with van der Waals surface area (Å²) < 4.78 is 0. The third-order valence-corrected chi connectivity index (χ3v) is 3.48. The van der Waals surface area contributed by atoms with Gasteiger partial charge in [0.2, 0.25) is 5.91 Å². The summed E-state index contributed by atoms with van der Waals surface area (Å²) in [5.41, 5.74) is 2.32. The third-order valence-electron chi connectivity index (χ3n) is 3.48. The summed E-state index contributed by atoms with van der Waals surface area (Å²) in [6.45, 7) is 3.88. The van der Waals surface area contributed by atoms with E-state index in [-0.39, 0.29) is 11.6 Å². The fourth-order valence-electron chi connectivity index (χ4n) is 2.20. The summed E-state index contributed by atoms with van der Waals surface area (Å²) in [6, 6.07) is 13.9. The van der Waals surface area contributed by atoms with Crippen molar-refractivity contribution in [3.05, 3.63) is 69.8 Å². The molecule has 0 saturated carbocycles. The summed E-state index contributed by atoms with van der Waals surface area (Å²) in [4.78, 5) is 22.5. The first-order valence-corrected chi connectivity index (χ1v) is 7.30. The average molecular weight is 313 g/mol. The van der Waals surface area contributed by atoms with Crippen LogP contribution in [-0.2, 0) is 11.3 Å². The molecule has 2 aromatic rings. The molecule has 1 atom stereocenters. The summed E-state index contributed by atoms with van der Waals surface area (Å²) in [5.74, 6) is -0.134. The topological polar surface area (TPSA) is 84.3 Å². The van der Waals surface area contributed by atoms with Gasteiger partial charge < -0.3 is 10.6 Å². The second-order valence-electron chi connectivity index (χ2n) is 5.33. The number of nitrogens with zero attached hydrogens (tertiary/aromatic N) is 1. The van der Waals surface area contributed by atoms with Crippen molar-refractivity contribution in [3.63, 3.8) is 0 Å². The van der Waals surface area contributed by atoms with Crippen molar-refractivity contribution < 1.29 is 9.72 Å². The van der Waals surface area contributed by atoms with Crippen LogP contribution < -0.4 is 10.6 Å². The first kappa shape index (κ1) is 16.5. The van der Waals surface area contributed by atoms with Gasteiger partial charge in [-0.2, -0.15) is 0 Å². The zero-order chi connectivity index (χ0) is 16.8. The minimum Gasteiger partial charge on any atom is -0.374 e. The van der Waals surface area contributed by atoms with Gasteiger partial charge in [0.1, 0.15) is 6.04 Å². The van der Waals surface area contributed by atoms with Crippen molar-refractivity contribution in [1.29, 1.82) is 0 Å². The number of aryl methyl sites for hydroxylation is 1. The minimum absolute atomic E-state index is 0.0664. The number of anilines is 1. The highest BCUT2D eigenvalue weighted by Crippen LogP contribution is 2.21. The molecule has 1 unspecified atom stereocenters. The Morgan fingerprint density at radius 2 is 1.91 bits per heavy atom. The largest absolute Gasteiger partial charge is 0.374 e. The fourth-order valence-corrected chi connectivity index (χ4v) is 2.20. The van der Waals surface area contributed by atoms with Crippen molar-refractivity contribution in [3.8, 4) is 0 Å². The van der Waals surface area contributed by atoms with Gasteiger partial charge in [0.15, 0.2) is 0 Å². The highest BCUT2D eigenvalue weighted by molar-refractivity contribution is 5.84. The summed E-state index contributed by atoms with van der Waals surface area (Å²) in [6.07, 6.45) is 0. The molecular weight excluding hydrogens is 294 g/mol. The molecule has 6 nitrogen and oxygen atoms in total. The van der Waals surface area contributed by atoms with Crippen LogP contribution in [0.25, 0.3) is 0 Å². The van der Waals surface area contributed by atoms with E-state index in [9.17, 15) is 14.9 Å². The van der Waals surface area contributed by atoms with Gasteiger partial charge in [-0.1, -0.05) is 30.3 Å². The van der Waals surface area contributed by atoms with E-state index in [2.05, 4.69) is 10.6 Å². The Labute approximate surface area is 134 Å². The molecule has 0 aromatic heterocycles. The van der Waals surface area contributed by atoms with E-state index in [0.717, 1.165) is 5.56 Å². The lowest BCUT2D eigenvalue weighted by molar-refractivity contribution is -0.385. The lowest BCUT2D eigenvalue weighted by atomic mass is 10.1. The predicted molar refractivity (Wildman–Crippen MR) is 89.2 cm³/mol. The summed E-state index contributed by atoms with van der Waals surface area (Å²) in [5, 5.41) is 16.7. The van der Waals surface area contributed by atoms with Crippen LogP contribution in [0.2, 0.25) is 0 Å². The zero-order valence-electron chi connectivity index (χ0n) is 13.1. The number of rotatable bonds is 6. The van der Waals surface area contributed by atoms with Crippen LogP contribution in [-0.4, -0.2) is 16.9 Å². The first-order chi connectivity index (χ1) is 11.0. The maximum Gasteiger partial charge on any atom is 0.272 e. The molecule has 0 aliphatic heterocycles. The normalized spacial score (nSPS) is 11.6. The Morgan fingerprint density at radius 3 is 2.52 bits per heavy atom. The molecule has 0 radical (unpaired) electrons. The van der Waals surface area contributed by atoms with Crippen LogP contribution in [0.4, 0.5) is 11.4 Å². The average Bonchev–Trinajstić information content (AvgIpc) is 2.53. The van der Waals surface area contributed by atoms with E-state index >= 15 is 0 Å². The van der Waals surface area contributed by atoms with E-state index in [4.69, 9.17) is 0 Å². The van der Waals surface area contributed by atoms with Crippen molar-refractivity contribution >= 4 is 17.3 Å². The van der Waals surface area contributed by atoms with Gasteiger partial charge in [-0.3, -0.25) is 14.9 Å². The van der Waals surface area contributed by atoms with Crippen molar-refractivity contribution in [2.75, 3.05) is 5.32 Å². The van der Waals surface area contributed by atoms with Crippen molar-refractivity contribution in [1.82, 2.24) is 5.32 Å². The van der Waals surface area contributed by atoms with E-state index in [1.807, 2.05) is 30.3 Å². The Hall–Kier alpha value is -2.89. The highest BCUT2D eigenvalue weighted by atomic mass is 16.6. The minimum atomic E-state index is -0.445. The molecule has 0 heterocycles. The zero-order valence-corrected chi connectivity index (χ0v) is 13.1. The molecule has 0 spiro atoms. The predicted octanol–water partition coefficient (Wildman–Crippen LogP) is 3.02. The molecule has 0 saturated heterocycles. The summed E-state index contributed by atoms with van der Waals surface area (Å²) in [7, 11) is 0. The maximum absolute atomic E-state index is 12.1. The quantitative estimate of drug-likeness (QED) is 0.634. The van der Waals surface area contributed by atoms with Gasteiger partial charge in [-0.05, 0) is 31.5 Å². The number of carbonyl (C=O) groups is 1. The first-order valence-electron chi connectivity index (χ1n) is 7.30. The number of hydrogen-bond acceptors (Lipinski definition) is 4. The Balaban J connectivity index is 1.93. The smallest absolute Gasteiger partial charge is 0.272 e. The molecule has 1 amide bonds. The SMILES string of the molecule is Cc1cc(NC(C)C(=O)NCc2ccccc2)ccc1[N+](=O)[O-]. The molecule has 0 aliphatic rings. The van der Waals surface area contributed by atoms with E-state index in [1.165, 1.54) is 6.07 Å². The van der Waals surface area contributed by atoms with Gasteiger partial charge in [-0.25, -0.2) is 0 Å². The molecule has 0 aliphatic carbocycles. The van der Waals surface area contributed by atoms with Crippen LogP contribution in [0.1, 0.15) is 18.1 Å². The fraction of sp³-hybridized carbons (Fsp3) is 0.235. The summed E-state index contributed by atoms with van der Waals surface area (Å²) >= 11 is 0. The second kappa shape index (κ2) is 7.40. The second-order valence-corrected chi connectivity index (χ2v) is 5.33. The number of benzene rings is 2. The van der Waals surface area contributed by atoms with Gasteiger partial charge in [-0.15, -0.1) is 0 Å².